The molecule has 4 heteroatoms. The minimum atomic E-state index is -0.0887. The smallest absolute Gasteiger partial charge is 0.230 e. The molecule has 0 saturated carbocycles. The number of hydrogen-bond donors (Lipinski definition) is 1. The fraction of sp³-hybridized carbons (Fsp3) is 0.588. The average Bonchev–Trinajstić information content (AvgIpc) is 2.54. The van der Waals surface area contributed by atoms with Gasteiger partial charge in [-0.25, -0.2) is 0 Å². The molecule has 21 heavy (non-hydrogen) atoms. The third-order valence-electron chi connectivity index (χ3n) is 4.63. The molecule has 1 saturated heterocycles. The van der Waals surface area contributed by atoms with Crippen molar-refractivity contribution in [3.63, 3.8) is 0 Å². The van der Waals surface area contributed by atoms with Crippen molar-refractivity contribution in [3.05, 3.63) is 29.8 Å². The molecule has 2 aliphatic heterocycles. The van der Waals surface area contributed by atoms with Crippen LogP contribution in [-0.2, 0) is 4.79 Å². The number of para-hydroxylation sites is 1. The number of aliphatic hydroxyl groups is 1. The lowest BCUT2D eigenvalue weighted by Crippen LogP contribution is -2.46. The monoisotopic (exact) mass is 289 g/mol. The van der Waals surface area contributed by atoms with Crippen LogP contribution in [0.15, 0.2) is 24.3 Å². The molecule has 2 heterocycles. The second kappa shape index (κ2) is 6.48. The Hall–Kier alpha value is -1.55. The first-order chi connectivity index (χ1) is 10.3. The number of aliphatic hydroxyl groups excluding tert-OH is 1. The Morgan fingerprint density at radius 2 is 2.14 bits per heavy atom. The molecule has 2 unspecified atom stereocenters. The molecule has 114 valence electrons. The van der Waals surface area contributed by atoms with Crippen molar-refractivity contribution in [1.29, 1.82) is 0 Å². The summed E-state index contributed by atoms with van der Waals surface area (Å²) < 4.78 is 5.65. The van der Waals surface area contributed by atoms with Crippen molar-refractivity contribution in [2.45, 2.75) is 44.1 Å². The van der Waals surface area contributed by atoms with Crippen LogP contribution in [0.5, 0.6) is 5.75 Å². The maximum Gasteiger partial charge on any atom is 0.230 e. The predicted molar refractivity (Wildman–Crippen MR) is 80.3 cm³/mol. The summed E-state index contributed by atoms with van der Waals surface area (Å²) in [5.74, 6) is 0.968. The summed E-state index contributed by atoms with van der Waals surface area (Å²) in [6, 6.07) is 8.06. The molecule has 1 aromatic carbocycles. The van der Waals surface area contributed by atoms with Crippen molar-refractivity contribution in [1.82, 2.24) is 4.90 Å². The zero-order valence-corrected chi connectivity index (χ0v) is 12.3. The first-order valence-electron chi connectivity index (χ1n) is 7.94. The van der Waals surface area contributed by atoms with E-state index in [1.54, 1.807) is 0 Å². The molecule has 2 atom stereocenters. The molecule has 1 fully saturated rings. The number of benzene rings is 1. The largest absolute Gasteiger partial charge is 0.493 e. The summed E-state index contributed by atoms with van der Waals surface area (Å²) in [7, 11) is 0. The van der Waals surface area contributed by atoms with Crippen molar-refractivity contribution in [2.75, 3.05) is 19.8 Å². The van der Waals surface area contributed by atoms with Crippen LogP contribution in [-0.4, -0.2) is 41.7 Å². The highest BCUT2D eigenvalue weighted by atomic mass is 16.5. The van der Waals surface area contributed by atoms with Gasteiger partial charge in [-0.2, -0.15) is 0 Å². The third-order valence-corrected chi connectivity index (χ3v) is 4.63. The second-order valence-corrected chi connectivity index (χ2v) is 5.92. The number of likely N-dealkylation sites (tertiary alicyclic amines) is 1. The highest BCUT2D eigenvalue weighted by Gasteiger charge is 2.34. The van der Waals surface area contributed by atoms with E-state index in [2.05, 4.69) is 0 Å². The normalized spacial score (nSPS) is 25.1. The van der Waals surface area contributed by atoms with Gasteiger partial charge in [-0.1, -0.05) is 18.2 Å². The number of nitrogens with zero attached hydrogens (tertiary/aromatic N) is 1. The lowest BCUT2D eigenvalue weighted by Gasteiger charge is -2.39. The molecule has 0 bridgehead atoms. The van der Waals surface area contributed by atoms with Crippen LogP contribution < -0.4 is 4.74 Å². The van der Waals surface area contributed by atoms with Gasteiger partial charge in [0, 0.05) is 24.8 Å². The number of ether oxygens (including phenoxy) is 1. The number of rotatable bonds is 3. The Bertz CT molecular complexity index is 501. The van der Waals surface area contributed by atoms with Gasteiger partial charge in [0.1, 0.15) is 5.75 Å². The Morgan fingerprint density at radius 1 is 1.29 bits per heavy atom. The summed E-state index contributed by atoms with van der Waals surface area (Å²) in [4.78, 5) is 15.0. The molecule has 3 rings (SSSR count). The van der Waals surface area contributed by atoms with Crippen LogP contribution in [0, 0.1) is 0 Å². The van der Waals surface area contributed by atoms with Crippen LogP contribution in [0.3, 0.4) is 0 Å². The number of piperidine rings is 1. The molecule has 0 spiro atoms. The minimum absolute atomic E-state index is 0.0887. The van der Waals surface area contributed by atoms with E-state index in [-0.39, 0.29) is 24.5 Å². The Balaban J connectivity index is 1.81. The van der Waals surface area contributed by atoms with Gasteiger partial charge in [-0.15, -0.1) is 0 Å². The average molecular weight is 289 g/mol. The first-order valence-corrected chi connectivity index (χ1v) is 7.94. The summed E-state index contributed by atoms with van der Waals surface area (Å²) in [5, 5.41) is 9.23. The van der Waals surface area contributed by atoms with Crippen molar-refractivity contribution < 1.29 is 14.6 Å². The van der Waals surface area contributed by atoms with E-state index in [9.17, 15) is 9.90 Å². The highest BCUT2D eigenvalue weighted by molar-refractivity contribution is 5.85. The topological polar surface area (TPSA) is 49.8 Å². The van der Waals surface area contributed by atoms with E-state index >= 15 is 0 Å². The zero-order chi connectivity index (χ0) is 14.7. The van der Waals surface area contributed by atoms with Crippen LogP contribution in [0.4, 0.5) is 0 Å². The van der Waals surface area contributed by atoms with Gasteiger partial charge in [-0.3, -0.25) is 4.79 Å². The van der Waals surface area contributed by atoms with Gasteiger partial charge in [0.2, 0.25) is 5.91 Å². The van der Waals surface area contributed by atoms with Crippen molar-refractivity contribution >= 4 is 5.91 Å². The molecule has 4 nitrogen and oxygen atoms in total. The summed E-state index contributed by atoms with van der Waals surface area (Å²) >= 11 is 0. The molecule has 0 radical (unpaired) electrons. The van der Waals surface area contributed by atoms with Gasteiger partial charge in [0.25, 0.3) is 0 Å². The summed E-state index contributed by atoms with van der Waals surface area (Å²) in [5.41, 5.74) is 1.02. The molecular weight excluding hydrogens is 266 g/mol. The predicted octanol–water partition coefficient (Wildman–Crippen LogP) is 2.32. The van der Waals surface area contributed by atoms with Gasteiger partial charge >= 0.3 is 0 Å². The van der Waals surface area contributed by atoms with E-state index in [0.717, 1.165) is 43.5 Å². The molecule has 2 aliphatic rings. The Morgan fingerprint density at radius 3 is 3.00 bits per heavy atom. The minimum Gasteiger partial charge on any atom is -0.493 e. The van der Waals surface area contributed by atoms with E-state index in [1.807, 2.05) is 29.2 Å². The van der Waals surface area contributed by atoms with Crippen molar-refractivity contribution in [3.8, 4) is 5.75 Å². The van der Waals surface area contributed by atoms with Crippen LogP contribution >= 0.6 is 0 Å². The van der Waals surface area contributed by atoms with E-state index in [4.69, 9.17) is 4.74 Å². The molecule has 1 N–H and O–H groups in total. The molecule has 1 amide bonds. The maximum atomic E-state index is 13.0. The Kier molecular flexibility index (Phi) is 4.44. The number of hydrogen-bond acceptors (Lipinski definition) is 3. The zero-order valence-electron chi connectivity index (χ0n) is 12.3. The number of carbonyl (C=O) groups is 1. The first kappa shape index (κ1) is 14.4. The van der Waals surface area contributed by atoms with Gasteiger partial charge in [0.15, 0.2) is 0 Å². The molecular formula is C17H23NO3. The number of carbonyl (C=O) groups excluding carboxylic acids is 1. The van der Waals surface area contributed by atoms with Gasteiger partial charge < -0.3 is 14.7 Å². The fourth-order valence-electron chi connectivity index (χ4n) is 3.54. The molecule has 1 aromatic rings. The highest BCUT2D eigenvalue weighted by Crippen LogP contribution is 2.36. The fourth-order valence-corrected chi connectivity index (χ4v) is 3.54. The third kappa shape index (κ3) is 2.91. The van der Waals surface area contributed by atoms with E-state index in [0.29, 0.717) is 13.0 Å². The summed E-state index contributed by atoms with van der Waals surface area (Å²) in [6.45, 7) is 1.58. The Labute approximate surface area is 125 Å². The lowest BCUT2D eigenvalue weighted by atomic mass is 9.89. The van der Waals surface area contributed by atoms with Crippen LogP contribution in [0.2, 0.25) is 0 Å². The number of fused-ring (bicyclic) bond motifs is 1. The second-order valence-electron chi connectivity index (χ2n) is 5.92. The lowest BCUT2D eigenvalue weighted by molar-refractivity contribution is -0.137. The number of amides is 1. The van der Waals surface area contributed by atoms with E-state index in [1.165, 1.54) is 0 Å². The quantitative estimate of drug-likeness (QED) is 0.929. The molecule has 0 aromatic heterocycles. The van der Waals surface area contributed by atoms with Gasteiger partial charge in [-0.05, 0) is 38.2 Å². The maximum absolute atomic E-state index is 13.0. The van der Waals surface area contributed by atoms with Crippen LogP contribution in [0.25, 0.3) is 0 Å². The molecule has 0 aliphatic carbocycles. The van der Waals surface area contributed by atoms with Gasteiger partial charge in [0.05, 0.1) is 12.5 Å². The van der Waals surface area contributed by atoms with E-state index < -0.39 is 0 Å². The van der Waals surface area contributed by atoms with Crippen LogP contribution in [0.1, 0.15) is 43.6 Å². The summed E-state index contributed by atoms with van der Waals surface area (Å²) in [6.07, 6.45) is 4.67. The standard InChI is InChI=1S/C17H23NO3/c19-11-8-13-5-3-4-10-18(13)17(20)15-9-12-21-16-7-2-1-6-14(15)16/h1-2,6-7,13,15,19H,3-5,8-12H2. The van der Waals surface area contributed by atoms with Crippen molar-refractivity contribution in [2.24, 2.45) is 0 Å². The SMILES string of the molecule is O=C(C1CCOc2ccccc21)N1CCCCC1CCO.